The molecule has 4 aromatic rings. The molecule has 7 heteroatoms. The molecule has 2 heterocycles. The highest BCUT2D eigenvalue weighted by molar-refractivity contribution is 6.03. The zero-order valence-electron chi connectivity index (χ0n) is 15.9. The first kappa shape index (κ1) is 19.1. The molecule has 0 saturated heterocycles. The second-order valence-electron chi connectivity index (χ2n) is 6.30. The number of carbonyl (C=O) groups is 1. The van der Waals surface area contributed by atoms with Crippen molar-refractivity contribution in [3.63, 3.8) is 0 Å². The van der Waals surface area contributed by atoms with Crippen molar-refractivity contribution in [2.24, 2.45) is 0 Å². The van der Waals surface area contributed by atoms with Gasteiger partial charge in [0, 0.05) is 36.0 Å². The lowest BCUT2D eigenvalue weighted by atomic mass is 10.2. The fourth-order valence-electron chi connectivity index (χ4n) is 2.57. The monoisotopic (exact) mass is 398 g/mol. The van der Waals surface area contributed by atoms with Gasteiger partial charge in [-0.05, 0) is 42.5 Å². The third-order valence-corrected chi connectivity index (χ3v) is 4.08. The maximum Gasteiger partial charge on any atom is 0.321 e. The minimum absolute atomic E-state index is 0.174. The molecule has 7 nitrogen and oxygen atoms in total. The molecule has 0 aliphatic rings. The van der Waals surface area contributed by atoms with E-state index < -0.39 is 0 Å². The van der Waals surface area contributed by atoms with Gasteiger partial charge in [0.15, 0.2) is 0 Å². The third-order valence-electron chi connectivity index (χ3n) is 4.08. The molecule has 30 heavy (non-hydrogen) atoms. The maximum atomic E-state index is 12.4. The van der Waals surface area contributed by atoms with Crippen molar-refractivity contribution < 1.29 is 14.3 Å². The molecular formula is C23H18N4O3. The number of aromatic nitrogens is 3. The third kappa shape index (κ3) is 5.17. The van der Waals surface area contributed by atoms with E-state index in [4.69, 9.17) is 9.47 Å². The number of benzene rings is 2. The Bertz CT molecular complexity index is 1090. The second kappa shape index (κ2) is 9.29. The highest BCUT2D eigenvalue weighted by Gasteiger charge is 2.09. The molecule has 4 rings (SSSR count). The van der Waals surface area contributed by atoms with Crippen molar-refractivity contribution in [2.45, 2.75) is 6.61 Å². The highest BCUT2D eigenvalue weighted by Crippen LogP contribution is 2.19. The largest absolute Gasteiger partial charge is 0.489 e. The molecule has 2 aromatic heterocycles. The van der Waals surface area contributed by atoms with Gasteiger partial charge in [-0.25, -0.2) is 9.97 Å². The second-order valence-corrected chi connectivity index (χ2v) is 6.30. The van der Waals surface area contributed by atoms with Gasteiger partial charge in [0.05, 0.1) is 5.56 Å². The Morgan fingerprint density at radius 1 is 0.833 bits per heavy atom. The fraction of sp³-hybridized carbons (Fsp3) is 0.0435. The first-order chi connectivity index (χ1) is 14.8. The molecule has 1 N–H and O–H groups in total. The predicted molar refractivity (Wildman–Crippen MR) is 112 cm³/mol. The smallest absolute Gasteiger partial charge is 0.321 e. The van der Waals surface area contributed by atoms with Crippen molar-refractivity contribution in [3.8, 4) is 17.5 Å². The van der Waals surface area contributed by atoms with Gasteiger partial charge in [0.2, 0.25) is 0 Å². The van der Waals surface area contributed by atoms with Crippen molar-refractivity contribution in [1.82, 2.24) is 15.0 Å². The number of hydrogen-bond donors (Lipinski definition) is 1. The van der Waals surface area contributed by atoms with E-state index in [2.05, 4.69) is 20.3 Å². The average Bonchev–Trinajstić information content (AvgIpc) is 2.80. The zero-order valence-corrected chi connectivity index (χ0v) is 15.9. The van der Waals surface area contributed by atoms with Gasteiger partial charge in [-0.3, -0.25) is 9.78 Å². The van der Waals surface area contributed by atoms with Crippen LogP contribution in [-0.2, 0) is 6.61 Å². The van der Waals surface area contributed by atoms with E-state index in [1.54, 1.807) is 48.8 Å². The van der Waals surface area contributed by atoms with Crippen molar-refractivity contribution in [3.05, 3.63) is 103 Å². The summed E-state index contributed by atoms with van der Waals surface area (Å²) in [6.45, 7) is 0.425. The number of para-hydroxylation sites is 1. The zero-order chi connectivity index (χ0) is 20.6. The van der Waals surface area contributed by atoms with E-state index in [0.29, 0.717) is 29.4 Å². The minimum Gasteiger partial charge on any atom is -0.489 e. The molecule has 0 saturated carbocycles. The quantitative estimate of drug-likeness (QED) is 0.493. The Morgan fingerprint density at radius 3 is 2.30 bits per heavy atom. The number of nitrogens with one attached hydrogen (secondary N) is 1. The number of rotatable bonds is 7. The number of pyridine rings is 1. The lowest BCUT2D eigenvalue weighted by Gasteiger charge is -2.08. The van der Waals surface area contributed by atoms with Crippen molar-refractivity contribution >= 4 is 11.6 Å². The predicted octanol–water partition coefficient (Wildman–Crippen LogP) is 4.50. The van der Waals surface area contributed by atoms with Crippen LogP contribution in [0, 0.1) is 0 Å². The Morgan fingerprint density at radius 2 is 1.60 bits per heavy atom. The molecule has 0 fully saturated rings. The van der Waals surface area contributed by atoms with Gasteiger partial charge < -0.3 is 14.8 Å². The molecule has 0 bridgehead atoms. The molecule has 0 spiro atoms. The van der Waals surface area contributed by atoms with Crippen LogP contribution in [0.1, 0.15) is 15.9 Å². The van der Waals surface area contributed by atoms with Crippen LogP contribution in [0.4, 0.5) is 5.69 Å². The van der Waals surface area contributed by atoms with Crippen LogP contribution in [0.5, 0.6) is 17.5 Å². The van der Waals surface area contributed by atoms with E-state index in [9.17, 15) is 4.79 Å². The number of anilines is 1. The number of amides is 1. The van der Waals surface area contributed by atoms with Gasteiger partial charge in [-0.15, -0.1) is 0 Å². The van der Waals surface area contributed by atoms with Crippen molar-refractivity contribution in [2.75, 3.05) is 5.32 Å². The molecule has 0 aliphatic heterocycles. The number of carbonyl (C=O) groups excluding carboxylic acids is 1. The molecule has 0 radical (unpaired) electrons. The molecule has 0 aliphatic carbocycles. The Hall–Kier alpha value is -4.26. The van der Waals surface area contributed by atoms with Gasteiger partial charge in [-0.2, -0.15) is 0 Å². The molecule has 2 aromatic carbocycles. The summed E-state index contributed by atoms with van der Waals surface area (Å²) >= 11 is 0. The number of hydrogen-bond acceptors (Lipinski definition) is 6. The fourth-order valence-corrected chi connectivity index (χ4v) is 2.57. The Balaban J connectivity index is 1.32. The van der Waals surface area contributed by atoms with Crippen LogP contribution in [0.3, 0.4) is 0 Å². The summed E-state index contributed by atoms with van der Waals surface area (Å²) < 4.78 is 11.2. The summed E-state index contributed by atoms with van der Waals surface area (Å²) in [4.78, 5) is 24.6. The minimum atomic E-state index is -0.315. The molecule has 0 unspecified atom stereocenters. The van der Waals surface area contributed by atoms with Gasteiger partial charge in [0.25, 0.3) is 5.91 Å². The number of nitrogens with zero attached hydrogens (tertiary/aromatic N) is 3. The summed E-state index contributed by atoms with van der Waals surface area (Å²) in [6, 6.07) is 20.3. The van der Waals surface area contributed by atoms with E-state index in [-0.39, 0.29) is 11.9 Å². The molecular weight excluding hydrogens is 380 g/mol. The normalized spacial score (nSPS) is 10.3. The van der Waals surface area contributed by atoms with Crippen molar-refractivity contribution in [1.29, 1.82) is 0 Å². The molecule has 0 atom stereocenters. The van der Waals surface area contributed by atoms with E-state index in [0.717, 1.165) is 5.56 Å². The summed E-state index contributed by atoms with van der Waals surface area (Å²) in [5, 5.41) is 2.80. The number of ether oxygens (including phenoxy) is 2. The summed E-state index contributed by atoms with van der Waals surface area (Å²) in [7, 11) is 0. The molecule has 148 valence electrons. The standard InChI is InChI=1S/C23H18N4O3/c28-22(18-14-25-23(26-15-18)30-21-6-2-1-3-7-21)27-19-8-10-20(11-9-19)29-16-17-5-4-12-24-13-17/h1-15H,16H2,(H,27,28). The first-order valence-corrected chi connectivity index (χ1v) is 9.24. The van der Waals surface area contributed by atoms with Crippen LogP contribution < -0.4 is 14.8 Å². The van der Waals surface area contributed by atoms with Crippen LogP contribution >= 0.6 is 0 Å². The highest BCUT2D eigenvalue weighted by atomic mass is 16.5. The Labute approximate surface area is 173 Å². The SMILES string of the molecule is O=C(Nc1ccc(OCc2cccnc2)cc1)c1cnc(Oc2ccccc2)nc1. The van der Waals surface area contributed by atoms with Crippen LogP contribution in [0.25, 0.3) is 0 Å². The Kier molecular flexibility index (Phi) is 5.91. The van der Waals surface area contributed by atoms with Gasteiger partial charge in [-0.1, -0.05) is 24.3 Å². The topological polar surface area (TPSA) is 86.2 Å². The summed E-state index contributed by atoms with van der Waals surface area (Å²) in [6.07, 6.45) is 6.32. The average molecular weight is 398 g/mol. The first-order valence-electron chi connectivity index (χ1n) is 9.24. The lowest BCUT2D eigenvalue weighted by molar-refractivity contribution is 0.102. The van der Waals surface area contributed by atoms with Crippen LogP contribution in [0.15, 0.2) is 91.5 Å². The van der Waals surface area contributed by atoms with Gasteiger partial charge in [0.1, 0.15) is 18.1 Å². The van der Waals surface area contributed by atoms with E-state index >= 15 is 0 Å². The summed E-state index contributed by atoms with van der Waals surface area (Å²) in [5.41, 5.74) is 1.94. The molecule has 1 amide bonds. The van der Waals surface area contributed by atoms with E-state index in [1.165, 1.54) is 12.4 Å². The lowest BCUT2D eigenvalue weighted by Crippen LogP contribution is -2.12. The maximum absolute atomic E-state index is 12.4. The van der Waals surface area contributed by atoms with Gasteiger partial charge >= 0.3 is 6.01 Å². The summed E-state index contributed by atoms with van der Waals surface area (Å²) in [5.74, 6) is 1.01. The van der Waals surface area contributed by atoms with Crippen LogP contribution in [0.2, 0.25) is 0 Å². The van der Waals surface area contributed by atoms with E-state index in [1.807, 2.05) is 30.3 Å². The van der Waals surface area contributed by atoms with Crippen LogP contribution in [-0.4, -0.2) is 20.9 Å².